The number of amides is 2. The summed E-state index contributed by atoms with van der Waals surface area (Å²) in [6, 6.07) is -0.293. The molecular weight excluding hydrogens is 246 g/mol. The second-order valence-corrected chi connectivity index (χ2v) is 5.13. The number of ether oxygens (including phenoxy) is 1. The van der Waals surface area contributed by atoms with Gasteiger partial charge in [-0.25, -0.2) is 0 Å². The highest BCUT2D eigenvalue weighted by Crippen LogP contribution is 2.23. The second kappa shape index (κ2) is 8.12. The van der Waals surface area contributed by atoms with Crippen molar-refractivity contribution >= 4 is 11.8 Å². The maximum absolute atomic E-state index is 12.0. The summed E-state index contributed by atoms with van der Waals surface area (Å²) in [6.45, 7) is 2.61. The number of hydrogen-bond acceptors (Lipinski definition) is 4. The van der Waals surface area contributed by atoms with Crippen LogP contribution < -0.4 is 16.4 Å². The summed E-state index contributed by atoms with van der Waals surface area (Å²) in [5, 5.41) is 5.46. The summed E-state index contributed by atoms with van der Waals surface area (Å²) in [5.74, 6) is -0.228. The van der Waals surface area contributed by atoms with Gasteiger partial charge in [-0.3, -0.25) is 9.59 Å². The van der Waals surface area contributed by atoms with Gasteiger partial charge in [0.25, 0.3) is 0 Å². The molecule has 1 atom stereocenters. The van der Waals surface area contributed by atoms with Gasteiger partial charge in [0, 0.05) is 25.6 Å². The van der Waals surface area contributed by atoms with E-state index in [4.69, 9.17) is 10.5 Å². The fourth-order valence-corrected chi connectivity index (χ4v) is 2.21. The molecular formula is C13H25N3O3. The molecule has 1 unspecified atom stereocenters. The van der Waals surface area contributed by atoms with Gasteiger partial charge in [0.15, 0.2) is 0 Å². The quantitative estimate of drug-likeness (QED) is 0.582. The van der Waals surface area contributed by atoms with Crippen LogP contribution in [0, 0.1) is 5.92 Å². The third-order valence-corrected chi connectivity index (χ3v) is 3.50. The summed E-state index contributed by atoms with van der Waals surface area (Å²) < 4.78 is 4.84. The number of hydrogen-bond donors (Lipinski definition) is 3. The van der Waals surface area contributed by atoms with Gasteiger partial charge < -0.3 is 21.1 Å². The molecule has 6 nitrogen and oxygen atoms in total. The highest BCUT2D eigenvalue weighted by Gasteiger charge is 2.26. The summed E-state index contributed by atoms with van der Waals surface area (Å²) in [7, 11) is 1.57. The Morgan fingerprint density at radius 2 is 1.95 bits per heavy atom. The predicted octanol–water partition coefficient (Wildman–Crippen LogP) is -0.229. The van der Waals surface area contributed by atoms with Crippen LogP contribution in [0.25, 0.3) is 0 Å². The fraction of sp³-hybridized carbons (Fsp3) is 0.846. The lowest BCUT2D eigenvalue weighted by Crippen LogP contribution is -2.48. The van der Waals surface area contributed by atoms with Crippen LogP contribution in [0.1, 0.15) is 32.6 Å². The Morgan fingerprint density at radius 3 is 2.53 bits per heavy atom. The number of carbonyl (C=O) groups is 2. The van der Waals surface area contributed by atoms with E-state index >= 15 is 0 Å². The Bertz CT molecular complexity index is 302. The molecule has 1 aliphatic carbocycles. The highest BCUT2D eigenvalue weighted by atomic mass is 16.5. The van der Waals surface area contributed by atoms with Crippen LogP contribution in [-0.2, 0) is 14.3 Å². The average Bonchev–Trinajstić information content (AvgIpc) is 2.39. The predicted molar refractivity (Wildman–Crippen MR) is 72.4 cm³/mol. The lowest BCUT2D eigenvalue weighted by atomic mass is 9.86. The summed E-state index contributed by atoms with van der Waals surface area (Å²) in [5.41, 5.74) is 5.81. The van der Waals surface area contributed by atoms with Gasteiger partial charge in [0.1, 0.15) is 6.04 Å². The smallest absolute Gasteiger partial charge is 0.242 e. The minimum Gasteiger partial charge on any atom is -0.383 e. The largest absolute Gasteiger partial charge is 0.383 e. The molecule has 0 bridgehead atoms. The standard InChI is InChI=1S/C13H25N3O3/c1-9(12(17)15-7-8-19-2)16-13(18)10-3-5-11(14)6-4-10/h9-11H,3-8,14H2,1-2H3,(H,15,17)(H,16,18). The van der Waals surface area contributed by atoms with E-state index in [0.717, 1.165) is 25.7 Å². The molecule has 0 heterocycles. The molecule has 110 valence electrons. The average molecular weight is 271 g/mol. The summed E-state index contributed by atoms with van der Waals surface area (Å²) in [6.07, 6.45) is 3.38. The van der Waals surface area contributed by atoms with E-state index in [1.54, 1.807) is 14.0 Å². The maximum atomic E-state index is 12.0. The molecule has 1 saturated carbocycles. The van der Waals surface area contributed by atoms with Crippen LogP contribution in [0.3, 0.4) is 0 Å². The van der Waals surface area contributed by atoms with Crippen LogP contribution >= 0.6 is 0 Å². The Balaban J connectivity index is 2.28. The Kier molecular flexibility index (Phi) is 6.80. The molecule has 6 heteroatoms. The van der Waals surface area contributed by atoms with Gasteiger partial charge >= 0.3 is 0 Å². The van der Waals surface area contributed by atoms with Crippen molar-refractivity contribution in [2.45, 2.75) is 44.7 Å². The fourth-order valence-electron chi connectivity index (χ4n) is 2.21. The molecule has 0 saturated heterocycles. The molecule has 2 amide bonds. The van der Waals surface area contributed by atoms with Crippen molar-refractivity contribution in [2.24, 2.45) is 11.7 Å². The zero-order valence-electron chi connectivity index (χ0n) is 11.8. The molecule has 0 spiro atoms. The SMILES string of the molecule is COCCNC(=O)C(C)NC(=O)C1CCC(N)CC1. The van der Waals surface area contributed by atoms with Crippen LogP contribution in [-0.4, -0.2) is 44.2 Å². The van der Waals surface area contributed by atoms with Gasteiger partial charge in [0.2, 0.25) is 11.8 Å². The topological polar surface area (TPSA) is 93.5 Å². The number of rotatable bonds is 6. The van der Waals surface area contributed by atoms with Gasteiger partial charge in [-0.05, 0) is 32.6 Å². The molecule has 1 aliphatic rings. The van der Waals surface area contributed by atoms with Crippen molar-refractivity contribution in [2.75, 3.05) is 20.3 Å². The maximum Gasteiger partial charge on any atom is 0.242 e. The van der Waals surface area contributed by atoms with E-state index in [0.29, 0.717) is 13.2 Å². The third kappa shape index (κ3) is 5.57. The minimum absolute atomic E-state index is 0.00553. The lowest BCUT2D eigenvalue weighted by Gasteiger charge is -2.26. The molecule has 4 N–H and O–H groups in total. The van der Waals surface area contributed by atoms with E-state index in [1.807, 2.05) is 0 Å². The molecule has 0 aliphatic heterocycles. The summed E-state index contributed by atoms with van der Waals surface area (Å²) >= 11 is 0. The van der Waals surface area contributed by atoms with Crippen LogP contribution in [0.5, 0.6) is 0 Å². The van der Waals surface area contributed by atoms with Crippen LogP contribution in [0.15, 0.2) is 0 Å². The van der Waals surface area contributed by atoms with Crippen molar-refractivity contribution in [1.82, 2.24) is 10.6 Å². The molecule has 0 aromatic rings. The highest BCUT2D eigenvalue weighted by molar-refractivity contribution is 5.88. The molecule has 1 rings (SSSR count). The number of methoxy groups -OCH3 is 1. The van der Waals surface area contributed by atoms with E-state index in [9.17, 15) is 9.59 Å². The van der Waals surface area contributed by atoms with E-state index < -0.39 is 6.04 Å². The van der Waals surface area contributed by atoms with Gasteiger partial charge in [0.05, 0.1) is 6.61 Å². The van der Waals surface area contributed by atoms with E-state index in [-0.39, 0.29) is 23.8 Å². The first-order chi connectivity index (χ1) is 9.04. The summed E-state index contributed by atoms with van der Waals surface area (Å²) in [4.78, 5) is 23.7. The van der Waals surface area contributed by atoms with Crippen molar-refractivity contribution in [3.8, 4) is 0 Å². The van der Waals surface area contributed by atoms with Gasteiger partial charge in [-0.1, -0.05) is 0 Å². The molecule has 1 fully saturated rings. The molecule has 0 aromatic heterocycles. The van der Waals surface area contributed by atoms with Gasteiger partial charge in [-0.2, -0.15) is 0 Å². The Labute approximate surface area is 114 Å². The number of nitrogens with one attached hydrogen (secondary N) is 2. The second-order valence-electron chi connectivity index (χ2n) is 5.13. The number of nitrogens with two attached hydrogens (primary N) is 1. The van der Waals surface area contributed by atoms with Crippen molar-refractivity contribution in [3.63, 3.8) is 0 Å². The normalized spacial score (nSPS) is 24.6. The van der Waals surface area contributed by atoms with Crippen molar-refractivity contribution in [1.29, 1.82) is 0 Å². The lowest BCUT2D eigenvalue weighted by molar-refractivity contribution is -0.131. The Hall–Kier alpha value is -1.14. The third-order valence-electron chi connectivity index (χ3n) is 3.50. The zero-order valence-corrected chi connectivity index (χ0v) is 11.8. The first-order valence-electron chi connectivity index (χ1n) is 6.87. The minimum atomic E-state index is -0.514. The van der Waals surface area contributed by atoms with Crippen molar-refractivity contribution < 1.29 is 14.3 Å². The van der Waals surface area contributed by atoms with E-state index in [2.05, 4.69) is 10.6 Å². The molecule has 19 heavy (non-hydrogen) atoms. The first kappa shape index (κ1) is 15.9. The first-order valence-corrected chi connectivity index (χ1v) is 6.87. The molecule has 0 aromatic carbocycles. The monoisotopic (exact) mass is 271 g/mol. The van der Waals surface area contributed by atoms with E-state index in [1.165, 1.54) is 0 Å². The van der Waals surface area contributed by atoms with Gasteiger partial charge in [-0.15, -0.1) is 0 Å². The van der Waals surface area contributed by atoms with Crippen molar-refractivity contribution in [3.05, 3.63) is 0 Å². The zero-order chi connectivity index (χ0) is 14.3. The van der Waals surface area contributed by atoms with Crippen LogP contribution in [0.2, 0.25) is 0 Å². The van der Waals surface area contributed by atoms with Crippen LogP contribution in [0.4, 0.5) is 0 Å². The Morgan fingerprint density at radius 1 is 1.32 bits per heavy atom. The molecule has 0 radical (unpaired) electrons. The number of carbonyl (C=O) groups excluding carboxylic acids is 2.